The number of allylic oxidation sites excluding steroid dienone is 4. The molecule has 0 fully saturated rings. The second kappa shape index (κ2) is 13.1. The van der Waals surface area contributed by atoms with Crippen LogP contribution in [0.5, 0.6) is 0 Å². The van der Waals surface area contributed by atoms with E-state index in [1.165, 1.54) is 18.4 Å². The van der Waals surface area contributed by atoms with Crippen LogP contribution < -0.4 is 0 Å². The van der Waals surface area contributed by atoms with Crippen LogP contribution in [0.2, 0.25) is 0 Å². The van der Waals surface area contributed by atoms with Crippen LogP contribution in [0.3, 0.4) is 0 Å². The van der Waals surface area contributed by atoms with Gasteiger partial charge in [-0.2, -0.15) is 0 Å². The maximum absolute atomic E-state index is 2.30. The lowest BCUT2D eigenvalue weighted by Gasteiger charge is -1.96. The first kappa shape index (κ1) is 14.0. The molecule has 0 heteroatoms. The molecular weight excluding hydrogens is 144 g/mol. The minimum Gasteiger partial charge on any atom is -0.0874 e. The van der Waals surface area contributed by atoms with Crippen LogP contribution in [0, 0.1) is 0 Å². The quantitative estimate of drug-likeness (QED) is 0.532. The van der Waals surface area contributed by atoms with Crippen molar-refractivity contribution < 1.29 is 0 Å². The summed E-state index contributed by atoms with van der Waals surface area (Å²) in [5.74, 6) is 0. The van der Waals surface area contributed by atoms with E-state index in [9.17, 15) is 0 Å². The van der Waals surface area contributed by atoms with Gasteiger partial charge in [-0.05, 0) is 19.8 Å². The molecule has 0 saturated heterocycles. The second-order valence-corrected chi connectivity index (χ2v) is 2.44. The summed E-state index contributed by atoms with van der Waals surface area (Å²) in [6, 6.07) is 0. The molecule has 0 aliphatic heterocycles. The first-order valence-electron chi connectivity index (χ1n) is 5.16. The van der Waals surface area contributed by atoms with E-state index >= 15 is 0 Å². The van der Waals surface area contributed by atoms with E-state index in [0.29, 0.717) is 0 Å². The zero-order valence-electron chi connectivity index (χ0n) is 9.35. The molecule has 0 saturated carbocycles. The lowest BCUT2D eigenvalue weighted by atomic mass is 10.1. The first-order valence-corrected chi connectivity index (χ1v) is 5.16. The Kier molecular flexibility index (Phi) is 15.3. The summed E-state index contributed by atoms with van der Waals surface area (Å²) >= 11 is 0. The molecule has 0 aliphatic carbocycles. The first-order chi connectivity index (χ1) is 5.85. The summed E-state index contributed by atoms with van der Waals surface area (Å²) in [7, 11) is 0. The normalized spacial score (nSPS) is 11.2. The fraction of sp³-hybridized carbons (Fsp3) is 0.667. The van der Waals surface area contributed by atoms with E-state index in [4.69, 9.17) is 0 Å². The van der Waals surface area contributed by atoms with E-state index in [0.717, 1.165) is 6.42 Å². The van der Waals surface area contributed by atoms with Gasteiger partial charge in [-0.1, -0.05) is 57.9 Å². The Hall–Kier alpha value is -0.520. The van der Waals surface area contributed by atoms with E-state index in [-0.39, 0.29) is 0 Å². The Bertz CT molecular complexity index is 118. The summed E-state index contributed by atoms with van der Waals surface area (Å²) in [5, 5.41) is 0. The minimum absolute atomic E-state index is 1.15. The molecule has 0 unspecified atom stereocenters. The molecular formula is C12H24. The van der Waals surface area contributed by atoms with Crippen molar-refractivity contribution >= 4 is 0 Å². The highest BCUT2D eigenvalue weighted by atomic mass is 13.9. The summed E-state index contributed by atoms with van der Waals surface area (Å²) < 4.78 is 0. The lowest BCUT2D eigenvalue weighted by Crippen LogP contribution is -1.76. The van der Waals surface area contributed by atoms with Crippen molar-refractivity contribution in [2.24, 2.45) is 0 Å². The van der Waals surface area contributed by atoms with Gasteiger partial charge in [0.1, 0.15) is 0 Å². The Morgan fingerprint density at radius 2 is 1.75 bits per heavy atom. The van der Waals surface area contributed by atoms with Crippen LogP contribution in [0.25, 0.3) is 0 Å². The smallest absolute Gasteiger partial charge is 0.0285 e. The van der Waals surface area contributed by atoms with Crippen LogP contribution in [0.15, 0.2) is 23.8 Å². The molecule has 0 atom stereocenters. The van der Waals surface area contributed by atoms with E-state index < -0.39 is 0 Å². The molecule has 0 bridgehead atoms. The number of hydrogen-bond acceptors (Lipinski definition) is 0. The number of hydrogen-bond donors (Lipinski definition) is 0. The lowest BCUT2D eigenvalue weighted by molar-refractivity contribution is 0.917. The fourth-order valence-electron chi connectivity index (χ4n) is 1.02. The molecule has 72 valence electrons. The van der Waals surface area contributed by atoms with Gasteiger partial charge in [0.25, 0.3) is 0 Å². The predicted molar refractivity (Wildman–Crippen MR) is 59.4 cm³/mol. The van der Waals surface area contributed by atoms with E-state index in [1.54, 1.807) is 0 Å². The minimum atomic E-state index is 1.15. The molecule has 0 spiro atoms. The zero-order valence-corrected chi connectivity index (χ0v) is 9.35. The van der Waals surface area contributed by atoms with E-state index in [2.05, 4.69) is 39.0 Å². The van der Waals surface area contributed by atoms with Crippen molar-refractivity contribution in [3.8, 4) is 0 Å². The van der Waals surface area contributed by atoms with Crippen LogP contribution in [0.4, 0.5) is 0 Å². The van der Waals surface area contributed by atoms with Crippen LogP contribution in [-0.4, -0.2) is 0 Å². The molecule has 0 nitrogen and oxygen atoms in total. The monoisotopic (exact) mass is 168 g/mol. The van der Waals surface area contributed by atoms with Crippen molar-refractivity contribution in [1.29, 1.82) is 0 Å². The maximum atomic E-state index is 2.30. The Morgan fingerprint density at radius 1 is 1.17 bits per heavy atom. The molecule has 0 heterocycles. The van der Waals surface area contributed by atoms with Gasteiger partial charge >= 0.3 is 0 Å². The van der Waals surface area contributed by atoms with Crippen LogP contribution in [-0.2, 0) is 0 Å². The largest absolute Gasteiger partial charge is 0.0874 e. The van der Waals surface area contributed by atoms with Gasteiger partial charge in [0.2, 0.25) is 0 Å². The predicted octanol–water partition coefficient (Wildman–Crippen LogP) is 4.73. The highest BCUT2D eigenvalue weighted by Gasteiger charge is 1.86. The molecule has 0 amide bonds. The van der Waals surface area contributed by atoms with Gasteiger partial charge < -0.3 is 0 Å². The average Bonchev–Trinajstić information content (AvgIpc) is 2.10. The summed E-state index contributed by atoms with van der Waals surface area (Å²) in [6.07, 6.45) is 10.2. The van der Waals surface area contributed by atoms with Gasteiger partial charge in [-0.15, -0.1) is 0 Å². The maximum Gasteiger partial charge on any atom is -0.0285 e. The topological polar surface area (TPSA) is 0 Å². The second-order valence-electron chi connectivity index (χ2n) is 2.44. The summed E-state index contributed by atoms with van der Waals surface area (Å²) in [5.41, 5.74) is 1.48. The van der Waals surface area contributed by atoms with Gasteiger partial charge in [0.15, 0.2) is 0 Å². The average molecular weight is 168 g/mol. The summed E-state index contributed by atoms with van der Waals surface area (Å²) in [6.45, 7) is 10.5. The third-order valence-corrected chi connectivity index (χ3v) is 1.39. The van der Waals surface area contributed by atoms with Crippen molar-refractivity contribution in [2.75, 3.05) is 0 Å². The van der Waals surface area contributed by atoms with Crippen molar-refractivity contribution in [3.05, 3.63) is 23.8 Å². The van der Waals surface area contributed by atoms with Crippen molar-refractivity contribution in [2.45, 2.75) is 53.9 Å². The van der Waals surface area contributed by atoms with Crippen molar-refractivity contribution in [3.63, 3.8) is 0 Å². The third-order valence-electron chi connectivity index (χ3n) is 1.39. The molecule has 12 heavy (non-hydrogen) atoms. The molecule has 0 N–H and O–H groups in total. The van der Waals surface area contributed by atoms with Crippen LogP contribution in [0.1, 0.15) is 53.9 Å². The Balaban J connectivity index is 0. The van der Waals surface area contributed by atoms with Crippen LogP contribution >= 0.6 is 0 Å². The SMILES string of the molecule is C/C=C\C(=C/CC)CCC.CC. The van der Waals surface area contributed by atoms with E-state index in [1.807, 2.05) is 13.8 Å². The van der Waals surface area contributed by atoms with Gasteiger partial charge in [-0.3, -0.25) is 0 Å². The molecule has 0 aromatic rings. The Labute approximate surface area is 78.4 Å². The standard InChI is InChI=1S/C10H18.C2H6/c1-4-7-10(8-5-2)9-6-3;1-2/h4,7-8H,5-6,9H2,1-3H3;1-2H3/b7-4-,10-8+;. The van der Waals surface area contributed by atoms with Gasteiger partial charge in [0.05, 0.1) is 0 Å². The molecule has 0 radical (unpaired) electrons. The molecule has 0 aromatic heterocycles. The third kappa shape index (κ3) is 9.48. The zero-order chi connectivity index (χ0) is 9.82. The highest BCUT2D eigenvalue weighted by Crippen LogP contribution is 2.06. The molecule has 0 rings (SSSR count). The molecule has 0 aliphatic rings. The molecule has 0 aromatic carbocycles. The fourth-order valence-corrected chi connectivity index (χ4v) is 1.02. The van der Waals surface area contributed by atoms with Gasteiger partial charge in [0, 0.05) is 0 Å². The van der Waals surface area contributed by atoms with Crippen molar-refractivity contribution in [1.82, 2.24) is 0 Å². The summed E-state index contributed by atoms with van der Waals surface area (Å²) in [4.78, 5) is 0. The van der Waals surface area contributed by atoms with Gasteiger partial charge in [-0.25, -0.2) is 0 Å². The highest BCUT2D eigenvalue weighted by molar-refractivity contribution is 5.17. The Morgan fingerprint density at radius 3 is 2.08 bits per heavy atom. The number of rotatable bonds is 4.